The molecule has 0 radical (unpaired) electrons. The quantitative estimate of drug-likeness (QED) is 0.359. The van der Waals surface area contributed by atoms with E-state index in [0.29, 0.717) is 17.1 Å². The van der Waals surface area contributed by atoms with Crippen molar-refractivity contribution >= 4 is 35.0 Å². The molecule has 0 bridgehead atoms. The third kappa shape index (κ3) is 4.64. The number of thioether (sulfide) groups is 1. The van der Waals surface area contributed by atoms with E-state index in [9.17, 15) is 14.4 Å². The number of amides is 2. The van der Waals surface area contributed by atoms with Gasteiger partial charge in [0.25, 0.3) is 11.1 Å². The Bertz CT molecular complexity index is 1240. The van der Waals surface area contributed by atoms with Crippen LogP contribution in [0.1, 0.15) is 39.8 Å². The third-order valence-electron chi connectivity index (χ3n) is 5.45. The first-order valence-corrected chi connectivity index (χ1v) is 11.5. The Labute approximate surface area is 196 Å². The van der Waals surface area contributed by atoms with Crippen molar-refractivity contribution in [1.29, 1.82) is 0 Å². The summed E-state index contributed by atoms with van der Waals surface area (Å²) in [5.41, 5.74) is 5.08. The number of rotatable bonds is 6. The summed E-state index contributed by atoms with van der Waals surface area (Å²) < 4.78 is 7.10. The van der Waals surface area contributed by atoms with Crippen LogP contribution in [0.3, 0.4) is 0 Å². The monoisotopic (exact) mass is 460 g/mol. The summed E-state index contributed by atoms with van der Waals surface area (Å²) in [6.07, 6.45) is 1.78. The average Bonchev–Trinajstić information content (AvgIpc) is 3.24. The van der Waals surface area contributed by atoms with Crippen molar-refractivity contribution in [2.45, 2.75) is 27.3 Å². The van der Waals surface area contributed by atoms with E-state index >= 15 is 0 Å². The molecule has 1 fully saturated rings. The molecule has 1 saturated heterocycles. The number of nitrogens with zero attached hydrogens (tertiary/aromatic N) is 2. The molecule has 0 unspecified atom stereocenters. The zero-order valence-electron chi connectivity index (χ0n) is 18.7. The molecule has 3 aromatic rings. The molecule has 4 rings (SSSR count). The molecule has 1 aliphatic rings. The highest BCUT2D eigenvalue weighted by atomic mass is 32.2. The first-order chi connectivity index (χ1) is 15.9. The Balaban J connectivity index is 1.59. The van der Waals surface area contributed by atoms with Gasteiger partial charge in [-0.3, -0.25) is 14.5 Å². The number of esters is 1. The Morgan fingerprint density at radius 1 is 1.03 bits per heavy atom. The molecule has 0 saturated carbocycles. The largest absolute Gasteiger partial charge is 0.462 e. The van der Waals surface area contributed by atoms with E-state index in [1.807, 2.05) is 62.4 Å². The maximum Gasteiger partial charge on any atom is 0.338 e. The second-order valence-electron chi connectivity index (χ2n) is 7.68. The van der Waals surface area contributed by atoms with Crippen LogP contribution in [0.4, 0.5) is 4.79 Å². The molecule has 168 valence electrons. The summed E-state index contributed by atoms with van der Waals surface area (Å²) in [6, 6.07) is 18.7. The molecule has 6 nitrogen and oxygen atoms in total. The van der Waals surface area contributed by atoms with Gasteiger partial charge in [-0.15, -0.1) is 0 Å². The second kappa shape index (κ2) is 9.50. The van der Waals surface area contributed by atoms with Crippen molar-refractivity contribution in [2.24, 2.45) is 0 Å². The van der Waals surface area contributed by atoms with Gasteiger partial charge in [0.1, 0.15) is 0 Å². The molecule has 0 aliphatic carbocycles. The summed E-state index contributed by atoms with van der Waals surface area (Å²) in [7, 11) is 0. The van der Waals surface area contributed by atoms with Crippen LogP contribution in [0.15, 0.2) is 65.6 Å². The van der Waals surface area contributed by atoms with Gasteiger partial charge in [0.05, 0.1) is 23.6 Å². The molecule has 0 N–H and O–H groups in total. The van der Waals surface area contributed by atoms with E-state index in [1.165, 1.54) is 4.90 Å². The zero-order valence-corrected chi connectivity index (χ0v) is 19.5. The van der Waals surface area contributed by atoms with Gasteiger partial charge >= 0.3 is 5.97 Å². The van der Waals surface area contributed by atoms with Crippen LogP contribution < -0.4 is 0 Å². The standard InChI is InChI=1S/C26H24N2O4S/c1-4-32-25(30)20-10-12-22(13-11-20)28-17(2)14-21(18(28)3)15-23-24(29)27(26(31)33-23)16-19-8-6-5-7-9-19/h5-15H,4,16H2,1-3H3/b23-15-. The van der Waals surface area contributed by atoms with Crippen LogP contribution in [0.25, 0.3) is 11.8 Å². The fraction of sp³-hybridized carbons (Fsp3) is 0.192. The lowest BCUT2D eigenvalue weighted by molar-refractivity contribution is -0.123. The number of carbonyl (C=O) groups excluding carboxylic acids is 3. The molecule has 2 amide bonds. The zero-order chi connectivity index (χ0) is 23.5. The molecular formula is C26H24N2O4S. The summed E-state index contributed by atoms with van der Waals surface area (Å²) >= 11 is 0.963. The van der Waals surface area contributed by atoms with E-state index in [1.54, 1.807) is 25.1 Å². The van der Waals surface area contributed by atoms with Crippen LogP contribution in [0.5, 0.6) is 0 Å². The van der Waals surface area contributed by atoms with Crippen molar-refractivity contribution in [1.82, 2.24) is 9.47 Å². The molecule has 2 aromatic carbocycles. The van der Waals surface area contributed by atoms with Gasteiger partial charge in [-0.05, 0) is 80.1 Å². The number of carbonyl (C=O) groups is 3. The first kappa shape index (κ1) is 22.6. The van der Waals surface area contributed by atoms with Crippen LogP contribution >= 0.6 is 11.8 Å². The predicted molar refractivity (Wildman–Crippen MR) is 129 cm³/mol. The normalized spacial score (nSPS) is 14.9. The number of imide groups is 1. The minimum absolute atomic E-state index is 0.259. The Morgan fingerprint density at radius 3 is 2.39 bits per heavy atom. The van der Waals surface area contributed by atoms with Crippen molar-refractivity contribution in [3.05, 3.63) is 93.6 Å². The summed E-state index contributed by atoms with van der Waals surface area (Å²) in [4.78, 5) is 39.0. The lowest BCUT2D eigenvalue weighted by Crippen LogP contribution is -2.27. The van der Waals surface area contributed by atoms with Gasteiger partial charge in [-0.1, -0.05) is 30.3 Å². The van der Waals surface area contributed by atoms with Gasteiger partial charge < -0.3 is 9.30 Å². The molecule has 0 atom stereocenters. The van der Waals surface area contributed by atoms with Gasteiger partial charge in [-0.2, -0.15) is 0 Å². The number of aryl methyl sites for hydroxylation is 1. The molecular weight excluding hydrogens is 436 g/mol. The Kier molecular flexibility index (Phi) is 6.51. The fourth-order valence-electron chi connectivity index (χ4n) is 3.84. The van der Waals surface area contributed by atoms with Crippen LogP contribution in [-0.4, -0.2) is 33.2 Å². The van der Waals surface area contributed by atoms with Gasteiger partial charge in [0, 0.05) is 17.1 Å². The highest BCUT2D eigenvalue weighted by molar-refractivity contribution is 8.18. The highest BCUT2D eigenvalue weighted by Crippen LogP contribution is 2.34. The van der Waals surface area contributed by atoms with Gasteiger partial charge in [0.2, 0.25) is 0 Å². The smallest absolute Gasteiger partial charge is 0.338 e. The molecule has 33 heavy (non-hydrogen) atoms. The predicted octanol–water partition coefficient (Wildman–Crippen LogP) is 5.51. The topological polar surface area (TPSA) is 68.6 Å². The average molecular weight is 461 g/mol. The van der Waals surface area contributed by atoms with E-state index in [4.69, 9.17) is 4.74 Å². The molecule has 0 spiro atoms. The molecule has 1 aromatic heterocycles. The molecule has 1 aliphatic heterocycles. The number of hydrogen-bond acceptors (Lipinski definition) is 5. The summed E-state index contributed by atoms with van der Waals surface area (Å²) in [5.74, 6) is -0.630. The van der Waals surface area contributed by atoms with Crippen molar-refractivity contribution < 1.29 is 19.1 Å². The Morgan fingerprint density at radius 2 is 1.73 bits per heavy atom. The second-order valence-corrected chi connectivity index (χ2v) is 8.68. The minimum Gasteiger partial charge on any atom is -0.462 e. The van der Waals surface area contributed by atoms with E-state index in [0.717, 1.165) is 40.0 Å². The maximum absolute atomic E-state index is 12.9. The SMILES string of the molecule is CCOC(=O)c1ccc(-n2c(C)cc(/C=C3\SC(=O)N(Cc4ccccc4)C3=O)c2C)cc1. The van der Waals surface area contributed by atoms with Crippen LogP contribution in [0, 0.1) is 13.8 Å². The van der Waals surface area contributed by atoms with E-state index < -0.39 is 0 Å². The van der Waals surface area contributed by atoms with Crippen molar-refractivity contribution in [2.75, 3.05) is 6.61 Å². The number of benzene rings is 2. The maximum atomic E-state index is 12.9. The Hall–Kier alpha value is -3.58. The lowest BCUT2D eigenvalue weighted by Gasteiger charge is -2.12. The highest BCUT2D eigenvalue weighted by Gasteiger charge is 2.35. The number of hydrogen-bond donors (Lipinski definition) is 0. The fourth-order valence-corrected chi connectivity index (χ4v) is 4.66. The van der Waals surface area contributed by atoms with Crippen LogP contribution in [-0.2, 0) is 16.1 Å². The van der Waals surface area contributed by atoms with Crippen LogP contribution in [0.2, 0.25) is 0 Å². The van der Waals surface area contributed by atoms with Gasteiger partial charge in [0.15, 0.2) is 0 Å². The van der Waals surface area contributed by atoms with Crippen molar-refractivity contribution in [3.8, 4) is 5.69 Å². The van der Waals surface area contributed by atoms with E-state index in [-0.39, 0.29) is 23.7 Å². The number of aromatic nitrogens is 1. The van der Waals surface area contributed by atoms with Crippen molar-refractivity contribution in [3.63, 3.8) is 0 Å². The molecule has 7 heteroatoms. The first-order valence-electron chi connectivity index (χ1n) is 10.6. The number of ether oxygens (including phenoxy) is 1. The lowest BCUT2D eigenvalue weighted by atomic mass is 10.2. The minimum atomic E-state index is -0.350. The van der Waals surface area contributed by atoms with Gasteiger partial charge in [-0.25, -0.2) is 4.79 Å². The molecule has 2 heterocycles. The third-order valence-corrected chi connectivity index (χ3v) is 6.36. The van der Waals surface area contributed by atoms with E-state index in [2.05, 4.69) is 4.57 Å². The summed E-state index contributed by atoms with van der Waals surface area (Å²) in [6.45, 7) is 6.30. The summed E-state index contributed by atoms with van der Waals surface area (Å²) in [5, 5.41) is -0.265.